The van der Waals surface area contributed by atoms with E-state index < -0.39 is 11.7 Å². The fourth-order valence-corrected chi connectivity index (χ4v) is 6.02. The lowest BCUT2D eigenvalue weighted by Gasteiger charge is -2.48. The lowest BCUT2D eigenvalue weighted by atomic mass is 9.73. The average molecular weight is 457 g/mol. The minimum absolute atomic E-state index is 0.0210. The number of H-pyrrole nitrogens is 1. The van der Waals surface area contributed by atoms with Crippen LogP contribution in [-0.2, 0) is 9.47 Å². The molecule has 0 saturated carbocycles. The van der Waals surface area contributed by atoms with Crippen LogP contribution < -0.4 is 4.74 Å². The Balaban J connectivity index is 1.24. The zero-order chi connectivity index (χ0) is 23.4. The first-order chi connectivity index (χ1) is 15.6. The Morgan fingerprint density at radius 1 is 1.21 bits per heavy atom. The second-order valence-electron chi connectivity index (χ2n) is 11.0. The first-order valence-corrected chi connectivity index (χ1v) is 12.1. The number of fused-ring (bicyclic) bond motifs is 1. The van der Waals surface area contributed by atoms with Crippen molar-refractivity contribution in [2.75, 3.05) is 26.8 Å². The van der Waals surface area contributed by atoms with Crippen molar-refractivity contribution in [3.8, 4) is 5.75 Å². The van der Waals surface area contributed by atoms with Crippen LogP contribution in [-0.4, -0.2) is 71.1 Å². The average Bonchev–Trinajstić information content (AvgIpc) is 3.41. The van der Waals surface area contributed by atoms with Crippen LogP contribution in [0.15, 0.2) is 24.3 Å². The van der Waals surface area contributed by atoms with Crippen molar-refractivity contribution in [1.29, 1.82) is 0 Å². The van der Waals surface area contributed by atoms with Crippen LogP contribution in [0, 0.1) is 5.41 Å². The van der Waals surface area contributed by atoms with E-state index in [1.54, 1.807) is 7.11 Å². The predicted molar refractivity (Wildman–Crippen MR) is 126 cm³/mol. The SMILES string of the molecule is COc1cccc2[nH]c(C(=O)N3CCC4(CC3)CO[C@@H]([C@@]3(C)CC[C@H](O)C(C)(C)O3)C4)cc12. The van der Waals surface area contributed by atoms with Gasteiger partial charge in [-0.15, -0.1) is 0 Å². The van der Waals surface area contributed by atoms with Gasteiger partial charge in [-0.1, -0.05) is 6.07 Å². The van der Waals surface area contributed by atoms with E-state index in [0.717, 1.165) is 61.8 Å². The number of aliphatic hydroxyl groups excluding tert-OH is 1. The van der Waals surface area contributed by atoms with Gasteiger partial charge in [0, 0.05) is 24.0 Å². The Kier molecular flexibility index (Phi) is 5.50. The lowest BCUT2D eigenvalue weighted by molar-refractivity contribution is -0.245. The minimum atomic E-state index is -0.565. The molecule has 5 rings (SSSR count). The van der Waals surface area contributed by atoms with Gasteiger partial charge >= 0.3 is 0 Å². The summed E-state index contributed by atoms with van der Waals surface area (Å²) in [6.07, 6.45) is 3.91. The Morgan fingerprint density at radius 3 is 2.67 bits per heavy atom. The van der Waals surface area contributed by atoms with Gasteiger partial charge in [-0.05, 0) is 76.5 Å². The van der Waals surface area contributed by atoms with Crippen LogP contribution in [0.25, 0.3) is 10.9 Å². The summed E-state index contributed by atoms with van der Waals surface area (Å²) < 4.78 is 18.2. The number of aromatic nitrogens is 1. The number of likely N-dealkylation sites (tertiary alicyclic amines) is 1. The van der Waals surface area contributed by atoms with Gasteiger partial charge < -0.3 is 29.2 Å². The molecule has 3 fully saturated rings. The molecular formula is C26H36N2O5. The normalized spacial score (nSPS) is 31.2. The summed E-state index contributed by atoms with van der Waals surface area (Å²) in [5, 5.41) is 11.2. The number of aromatic amines is 1. The Morgan fingerprint density at radius 2 is 1.97 bits per heavy atom. The molecule has 2 aromatic rings. The maximum Gasteiger partial charge on any atom is 0.270 e. The van der Waals surface area contributed by atoms with Crippen LogP contribution in [0.4, 0.5) is 0 Å². The molecule has 3 aliphatic rings. The highest BCUT2D eigenvalue weighted by Crippen LogP contribution is 2.49. The van der Waals surface area contributed by atoms with E-state index in [4.69, 9.17) is 14.2 Å². The maximum atomic E-state index is 13.2. The fourth-order valence-electron chi connectivity index (χ4n) is 6.02. The fraction of sp³-hybridized carbons (Fsp3) is 0.654. The van der Waals surface area contributed by atoms with E-state index in [1.165, 1.54) is 0 Å². The van der Waals surface area contributed by atoms with Gasteiger partial charge in [-0.3, -0.25) is 4.79 Å². The molecule has 1 amide bonds. The highest BCUT2D eigenvalue weighted by atomic mass is 16.6. The third-order valence-electron chi connectivity index (χ3n) is 8.29. The molecule has 33 heavy (non-hydrogen) atoms. The number of benzene rings is 1. The first kappa shape index (κ1) is 22.7. The molecule has 1 aromatic carbocycles. The second kappa shape index (κ2) is 8.00. The molecule has 1 spiro atoms. The number of carbonyl (C=O) groups is 1. The van der Waals surface area contributed by atoms with Crippen molar-refractivity contribution >= 4 is 16.8 Å². The number of amides is 1. The second-order valence-corrected chi connectivity index (χ2v) is 11.0. The van der Waals surface area contributed by atoms with E-state index in [-0.39, 0.29) is 23.0 Å². The summed E-state index contributed by atoms with van der Waals surface area (Å²) in [5.41, 5.74) is 0.659. The van der Waals surface area contributed by atoms with Crippen LogP contribution >= 0.6 is 0 Å². The highest BCUT2D eigenvalue weighted by Gasteiger charge is 2.53. The van der Waals surface area contributed by atoms with E-state index in [2.05, 4.69) is 11.9 Å². The Bertz CT molecular complexity index is 1040. The largest absolute Gasteiger partial charge is 0.496 e. The molecule has 0 unspecified atom stereocenters. The molecule has 7 heteroatoms. The van der Waals surface area contributed by atoms with Gasteiger partial charge in [-0.2, -0.15) is 0 Å². The number of aliphatic hydroxyl groups is 1. The number of hydrogen-bond donors (Lipinski definition) is 2. The number of ether oxygens (including phenoxy) is 3. The molecule has 0 radical (unpaired) electrons. The Labute approximate surface area is 195 Å². The van der Waals surface area contributed by atoms with Gasteiger partial charge in [0.05, 0.1) is 37.1 Å². The topological polar surface area (TPSA) is 84.0 Å². The number of rotatable bonds is 3. The molecule has 4 heterocycles. The van der Waals surface area contributed by atoms with Gasteiger partial charge in [0.2, 0.25) is 0 Å². The van der Waals surface area contributed by atoms with Crippen molar-refractivity contribution in [3.05, 3.63) is 30.0 Å². The number of carbonyl (C=O) groups excluding carboxylic acids is 1. The highest BCUT2D eigenvalue weighted by molar-refractivity contribution is 5.99. The van der Waals surface area contributed by atoms with Gasteiger partial charge in [0.25, 0.3) is 5.91 Å². The molecule has 1 aromatic heterocycles. The molecule has 0 bridgehead atoms. The molecular weight excluding hydrogens is 420 g/mol. The molecule has 180 valence electrons. The van der Waals surface area contributed by atoms with Gasteiger partial charge in [-0.25, -0.2) is 0 Å². The van der Waals surface area contributed by atoms with Crippen molar-refractivity contribution in [1.82, 2.24) is 9.88 Å². The van der Waals surface area contributed by atoms with Crippen LogP contribution in [0.1, 0.15) is 63.4 Å². The zero-order valence-electron chi connectivity index (χ0n) is 20.1. The maximum absolute atomic E-state index is 13.2. The van der Waals surface area contributed by atoms with Crippen molar-refractivity contribution < 1.29 is 24.1 Å². The number of methoxy groups -OCH3 is 1. The molecule has 3 aliphatic heterocycles. The summed E-state index contributed by atoms with van der Waals surface area (Å²) in [5.74, 6) is 0.806. The molecule has 2 N–H and O–H groups in total. The molecule has 3 saturated heterocycles. The van der Waals surface area contributed by atoms with Crippen LogP contribution in [0.2, 0.25) is 0 Å². The summed E-state index contributed by atoms with van der Waals surface area (Å²) in [6.45, 7) is 8.22. The summed E-state index contributed by atoms with van der Waals surface area (Å²) in [7, 11) is 1.65. The minimum Gasteiger partial charge on any atom is -0.496 e. The van der Waals surface area contributed by atoms with E-state index in [0.29, 0.717) is 12.3 Å². The van der Waals surface area contributed by atoms with E-state index in [1.807, 2.05) is 43.0 Å². The lowest BCUT2D eigenvalue weighted by Crippen LogP contribution is -2.56. The number of piperidine rings is 1. The third-order valence-corrected chi connectivity index (χ3v) is 8.29. The number of hydrogen-bond acceptors (Lipinski definition) is 5. The standard InChI is InChI=1S/C26H36N2O5/c1-24(2)21(29)8-9-25(3,33-24)22-15-26(16-32-22)10-12-28(13-11-26)23(30)19-14-17-18(27-19)6-5-7-20(17)31-4/h5-7,14,21-22,27,29H,8-13,15-16H2,1-4H3/t21-,22+,25+/m0/s1. The Hall–Kier alpha value is -2.09. The smallest absolute Gasteiger partial charge is 0.270 e. The van der Waals surface area contributed by atoms with Crippen molar-refractivity contribution in [2.24, 2.45) is 5.41 Å². The van der Waals surface area contributed by atoms with Crippen molar-refractivity contribution in [2.45, 2.75) is 76.3 Å². The van der Waals surface area contributed by atoms with E-state index in [9.17, 15) is 9.90 Å². The van der Waals surface area contributed by atoms with Crippen LogP contribution in [0.5, 0.6) is 5.75 Å². The molecule has 3 atom stereocenters. The third kappa shape index (κ3) is 3.94. The summed E-state index contributed by atoms with van der Waals surface area (Å²) >= 11 is 0. The number of nitrogens with one attached hydrogen (secondary N) is 1. The molecule has 0 aliphatic carbocycles. The predicted octanol–water partition coefficient (Wildman–Crippen LogP) is 3.90. The van der Waals surface area contributed by atoms with Crippen LogP contribution in [0.3, 0.4) is 0 Å². The first-order valence-electron chi connectivity index (χ1n) is 12.1. The zero-order valence-corrected chi connectivity index (χ0v) is 20.1. The monoisotopic (exact) mass is 456 g/mol. The summed E-state index contributed by atoms with van der Waals surface area (Å²) in [4.78, 5) is 18.4. The summed E-state index contributed by atoms with van der Waals surface area (Å²) in [6, 6.07) is 7.69. The van der Waals surface area contributed by atoms with Gasteiger partial charge in [0.15, 0.2) is 0 Å². The number of nitrogens with zero attached hydrogens (tertiary/aromatic N) is 1. The quantitative estimate of drug-likeness (QED) is 0.732. The van der Waals surface area contributed by atoms with Crippen molar-refractivity contribution in [3.63, 3.8) is 0 Å². The molecule has 7 nitrogen and oxygen atoms in total. The van der Waals surface area contributed by atoms with Gasteiger partial charge in [0.1, 0.15) is 11.4 Å². The van der Waals surface area contributed by atoms with E-state index >= 15 is 0 Å².